The molecule has 1 fully saturated rings. The second-order valence-corrected chi connectivity index (χ2v) is 4.80. The van der Waals surface area contributed by atoms with Gasteiger partial charge in [-0.05, 0) is 38.5 Å². The van der Waals surface area contributed by atoms with Gasteiger partial charge in [-0.1, -0.05) is 12.8 Å². The number of carboxylic acids is 1. The summed E-state index contributed by atoms with van der Waals surface area (Å²) in [6.07, 6.45) is 7.74. The molecular weight excluding hydrogens is 234 g/mol. The summed E-state index contributed by atoms with van der Waals surface area (Å²) in [5, 5.41) is 11.2. The summed E-state index contributed by atoms with van der Waals surface area (Å²) in [5.41, 5.74) is 0. The Morgan fingerprint density at radius 2 is 1.78 bits per heavy atom. The molecule has 1 rings (SSSR count). The summed E-state index contributed by atoms with van der Waals surface area (Å²) >= 11 is 0. The Balaban J connectivity index is 1.87. The fraction of sp³-hybridized carbons (Fsp3) is 0.846. The number of alkyl carbamates (subject to hydrolysis) is 1. The molecule has 1 aliphatic carbocycles. The van der Waals surface area contributed by atoms with Crippen molar-refractivity contribution in [3.05, 3.63) is 0 Å². The molecule has 0 aromatic rings. The van der Waals surface area contributed by atoms with Gasteiger partial charge in [0.2, 0.25) is 0 Å². The van der Waals surface area contributed by atoms with E-state index in [1.165, 1.54) is 0 Å². The molecule has 104 valence electrons. The van der Waals surface area contributed by atoms with Gasteiger partial charge in [-0.2, -0.15) is 0 Å². The molecule has 0 unspecified atom stereocenters. The van der Waals surface area contributed by atoms with E-state index in [9.17, 15) is 9.59 Å². The minimum atomic E-state index is -0.742. The van der Waals surface area contributed by atoms with E-state index in [-0.39, 0.29) is 18.6 Å². The van der Waals surface area contributed by atoms with E-state index in [0.717, 1.165) is 44.9 Å². The Bertz CT molecular complexity index is 262. The van der Waals surface area contributed by atoms with Crippen molar-refractivity contribution < 1.29 is 19.4 Å². The highest BCUT2D eigenvalue weighted by atomic mass is 16.6. The van der Waals surface area contributed by atoms with Crippen LogP contribution in [0.4, 0.5) is 4.79 Å². The average Bonchev–Trinajstić information content (AvgIpc) is 2.80. The maximum Gasteiger partial charge on any atom is 0.407 e. The fourth-order valence-corrected chi connectivity index (χ4v) is 2.14. The van der Waals surface area contributed by atoms with Crippen molar-refractivity contribution in [1.82, 2.24) is 5.32 Å². The highest BCUT2D eigenvalue weighted by Crippen LogP contribution is 2.20. The normalized spacial score (nSPS) is 15.6. The number of aliphatic carboxylic acids is 1. The molecule has 5 nitrogen and oxygen atoms in total. The number of carbonyl (C=O) groups is 2. The molecule has 0 saturated heterocycles. The minimum absolute atomic E-state index is 0.112. The Morgan fingerprint density at radius 3 is 2.44 bits per heavy atom. The summed E-state index contributed by atoms with van der Waals surface area (Å²) in [5.74, 6) is -0.742. The van der Waals surface area contributed by atoms with Crippen LogP contribution >= 0.6 is 0 Å². The van der Waals surface area contributed by atoms with Gasteiger partial charge in [0.15, 0.2) is 0 Å². The number of unbranched alkanes of at least 4 members (excludes halogenated alkanes) is 3. The van der Waals surface area contributed by atoms with Crippen molar-refractivity contribution in [2.75, 3.05) is 6.54 Å². The molecule has 0 spiro atoms. The van der Waals surface area contributed by atoms with Crippen LogP contribution in [0.1, 0.15) is 57.8 Å². The van der Waals surface area contributed by atoms with Crippen molar-refractivity contribution in [2.45, 2.75) is 63.9 Å². The van der Waals surface area contributed by atoms with E-state index in [4.69, 9.17) is 9.84 Å². The molecule has 1 amide bonds. The zero-order valence-corrected chi connectivity index (χ0v) is 10.8. The topological polar surface area (TPSA) is 75.6 Å². The van der Waals surface area contributed by atoms with Crippen molar-refractivity contribution in [3.8, 4) is 0 Å². The van der Waals surface area contributed by atoms with Crippen LogP contribution in [0.5, 0.6) is 0 Å². The van der Waals surface area contributed by atoms with E-state index >= 15 is 0 Å². The van der Waals surface area contributed by atoms with Crippen LogP contribution in [0, 0.1) is 0 Å². The second kappa shape index (κ2) is 8.78. The number of amides is 1. The standard InChI is InChI=1S/C13H23NO4/c15-12(16)9-3-1-2-6-10-14-13(17)18-11-7-4-5-8-11/h11H,1-10H2,(H,14,17)(H,15,16). The molecule has 0 aromatic heterocycles. The first-order chi connectivity index (χ1) is 8.68. The summed E-state index contributed by atoms with van der Waals surface area (Å²) in [6, 6.07) is 0. The number of hydrogen-bond donors (Lipinski definition) is 2. The Morgan fingerprint density at radius 1 is 1.11 bits per heavy atom. The van der Waals surface area contributed by atoms with E-state index < -0.39 is 5.97 Å². The summed E-state index contributed by atoms with van der Waals surface area (Å²) < 4.78 is 5.24. The number of rotatable bonds is 8. The van der Waals surface area contributed by atoms with E-state index in [1.807, 2.05) is 0 Å². The lowest BCUT2D eigenvalue weighted by molar-refractivity contribution is -0.137. The van der Waals surface area contributed by atoms with Gasteiger partial charge in [-0.3, -0.25) is 4.79 Å². The molecule has 0 heterocycles. The van der Waals surface area contributed by atoms with Crippen molar-refractivity contribution in [2.24, 2.45) is 0 Å². The predicted octanol–water partition coefficient (Wildman–Crippen LogP) is 2.69. The lowest BCUT2D eigenvalue weighted by Gasteiger charge is -2.11. The maximum atomic E-state index is 11.4. The van der Waals surface area contributed by atoms with E-state index in [2.05, 4.69) is 5.32 Å². The average molecular weight is 257 g/mol. The Labute approximate surface area is 108 Å². The molecule has 2 N–H and O–H groups in total. The number of carboxylic acid groups (broad SMARTS) is 1. The van der Waals surface area contributed by atoms with Gasteiger partial charge >= 0.3 is 12.1 Å². The minimum Gasteiger partial charge on any atom is -0.481 e. The molecule has 0 bridgehead atoms. The Kier molecular flexibility index (Phi) is 7.22. The third-order valence-corrected chi connectivity index (χ3v) is 3.16. The van der Waals surface area contributed by atoms with Gasteiger partial charge in [0.05, 0.1) is 0 Å². The number of carbonyl (C=O) groups excluding carboxylic acids is 1. The van der Waals surface area contributed by atoms with Crippen molar-refractivity contribution >= 4 is 12.1 Å². The molecule has 0 radical (unpaired) electrons. The quantitative estimate of drug-likeness (QED) is 0.655. The van der Waals surface area contributed by atoms with Crippen LogP contribution in [0.25, 0.3) is 0 Å². The lowest BCUT2D eigenvalue weighted by Crippen LogP contribution is -2.28. The lowest BCUT2D eigenvalue weighted by atomic mass is 10.1. The smallest absolute Gasteiger partial charge is 0.407 e. The maximum absolute atomic E-state index is 11.4. The molecule has 0 aromatic carbocycles. The molecule has 1 aliphatic rings. The first-order valence-corrected chi connectivity index (χ1v) is 6.85. The van der Waals surface area contributed by atoms with E-state index in [0.29, 0.717) is 13.0 Å². The van der Waals surface area contributed by atoms with Gasteiger partial charge < -0.3 is 15.2 Å². The van der Waals surface area contributed by atoms with Gasteiger partial charge in [0.25, 0.3) is 0 Å². The zero-order valence-electron chi connectivity index (χ0n) is 10.8. The van der Waals surface area contributed by atoms with Crippen LogP contribution < -0.4 is 5.32 Å². The SMILES string of the molecule is O=C(O)CCCCCCNC(=O)OC1CCCC1. The molecule has 0 atom stereocenters. The first kappa shape index (κ1) is 14.8. The van der Waals surface area contributed by atoms with Crippen molar-refractivity contribution in [1.29, 1.82) is 0 Å². The van der Waals surface area contributed by atoms with E-state index in [1.54, 1.807) is 0 Å². The third kappa shape index (κ3) is 7.14. The summed E-state index contributed by atoms with van der Waals surface area (Å²) in [4.78, 5) is 21.6. The highest BCUT2D eigenvalue weighted by Gasteiger charge is 2.18. The monoisotopic (exact) mass is 257 g/mol. The molecule has 18 heavy (non-hydrogen) atoms. The summed E-state index contributed by atoms with van der Waals surface area (Å²) in [6.45, 7) is 0.610. The van der Waals surface area contributed by atoms with Crippen LogP contribution in [0.3, 0.4) is 0 Å². The van der Waals surface area contributed by atoms with Crippen LogP contribution in [0.2, 0.25) is 0 Å². The largest absolute Gasteiger partial charge is 0.481 e. The Hall–Kier alpha value is -1.26. The van der Waals surface area contributed by atoms with Gasteiger partial charge in [0.1, 0.15) is 6.10 Å². The van der Waals surface area contributed by atoms with Crippen LogP contribution in [-0.4, -0.2) is 29.8 Å². The predicted molar refractivity (Wildman–Crippen MR) is 67.5 cm³/mol. The first-order valence-electron chi connectivity index (χ1n) is 6.85. The van der Waals surface area contributed by atoms with Crippen molar-refractivity contribution in [3.63, 3.8) is 0 Å². The molecule has 5 heteroatoms. The zero-order chi connectivity index (χ0) is 13.2. The molecular formula is C13H23NO4. The number of ether oxygens (including phenoxy) is 1. The molecule has 1 saturated carbocycles. The molecule has 0 aliphatic heterocycles. The van der Waals surface area contributed by atoms with Gasteiger partial charge in [0, 0.05) is 13.0 Å². The highest BCUT2D eigenvalue weighted by molar-refractivity contribution is 5.67. The third-order valence-electron chi connectivity index (χ3n) is 3.16. The van der Waals surface area contributed by atoms with Gasteiger partial charge in [-0.15, -0.1) is 0 Å². The number of nitrogens with one attached hydrogen (secondary N) is 1. The second-order valence-electron chi connectivity index (χ2n) is 4.80. The fourth-order valence-electron chi connectivity index (χ4n) is 2.14. The van der Waals surface area contributed by atoms with Crippen LogP contribution in [0.15, 0.2) is 0 Å². The van der Waals surface area contributed by atoms with Gasteiger partial charge in [-0.25, -0.2) is 4.79 Å². The summed E-state index contributed by atoms with van der Waals surface area (Å²) in [7, 11) is 0. The number of hydrogen-bond acceptors (Lipinski definition) is 3. The van der Waals surface area contributed by atoms with Crippen LogP contribution in [-0.2, 0) is 9.53 Å².